The summed E-state index contributed by atoms with van der Waals surface area (Å²) in [7, 11) is 0. The minimum Gasteiger partial charge on any atom is -0.455 e. The van der Waals surface area contributed by atoms with Gasteiger partial charge in [-0.1, -0.05) is 30.3 Å². The molecule has 1 aliphatic heterocycles. The van der Waals surface area contributed by atoms with Crippen LogP contribution in [0.3, 0.4) is 0 Å². The standard InChI is InChI=1S/C20H18F2N2O4/c21-15-6-2-1-5-13(15)10-23-18(25)12-28-20(27)14-9-19(26)24(11-14)17-8-4-3-7-16(17)22/h1-8,14H,9-12H2,(H,23,25)/t14-/m0/s1. The number of esters is 1. The Bertz CT molecular complexity index is 903. The third-order valence-electron chi connectivity index (χ3n) is 4.38. The Kier molecular flexibility index (Phi) is 5.98. The Balaban J connectivity index is 1.49. The molecule has 1 atom stereocenters. The lowest BCUT2D eigenvalue weighted by Crippen LogP contribution is -2.31. The van der Waals surface area contributed by atoms with Crippen LogP contribution in [-0.4, -0.2) is 30.9 Å². The lowest BCUT2D eigenvalue weighted by atomic mass is 10.1. The molecule has 1 saturated heterocycles. The summed E-state index contributed by atoms with van der Waals surface area (Å²) in [6.07, 6.45) is -0.121. The number of para-hydroxylation sites is 1. The van der Waals surface area contributed by atoms with Crippen LogP contribution in [0.15, 0.2) is 48.5 Å². The van der Waals surface area contributed by atoms with Crippen LogP contribution >= 0.6 is 0 Å². The van der Waals surface area contributed by atoms with Crippen molar-refractivity contribution in [3.05, 3.63) is 65.7 Å². The third kappa shape index (κ3) is 4.51. The monoisotopic (exact) mass is 388 g/mol. The number of rotatable bonds is 6. The van der Waals surface area contributed by atoms with Gasteiger partial charge in [-0.25, -0.2) is 8.78 Å². The Labute approximate surface area is 160 Å². The molecule has 2 aromatic carbocycles. The molecule has 0 unspecified atom stereocenters. The number of ether oxygens (including phenoxy) is 1. The van der Waals surface area contributed by atoms with E-state index in [1.807, 2.05) is 0 Å². The maximum absolute atomic E-state index is 13.9. The van der Waals surface area contributed by atoms with Gasteiger partial charge in [0.2, 0.25) is 5.91 Å². The van der Waals surface area contributed by atoms with Gasteiger partial charge >= 0.3 is 5.97 Å². The molecule has 1 aliphatic rings. The fourth-order valence-corrected chi connectivity index (χ4v) is 2.91. The van der Waals surface area contributed by atoms with Crippen LogP contribution in [0.25, 0.3) is 0 Å². The van der Waals surface area contributed by atoms with Gasteiger partial charge in [-0.15, -0.1) is 0 Å². The van der Waals surface area contributed by atoms with Crippen molar-refractivity contribution in [2.24, 2.45) is 5.92 Å². The average molecular weight is 388 g/mol. The smallest absolute Gasteiger partial charge is 0.311 e. The summed E-state index contributed by atoms with van der Waals surface area (Å²) in [5.74, 6) is -3.49. The summed E-state index contributed by atoms with van der Waals surface area (Å²) in [5, 5.41) is 2.45. The van der Waals surface area contributed by atoms with Crippen LogP contribution in [0.5, 0.6) is 0 Å². The predicted molar refractivity (Wildman–Crippen MR) is 96.1 cm³/mol. The molecule has 0 bridgehead atoms. The number of nitrogens with zero attached hydrogens (tertiary/aromatic N) is 1. The maximum Gasteiger partial charge on any atom is 0.311 e. The number of amides is 2. The first-order chi connectivity index (χ1) is 13.5. The summed E-state index contributed by atoms with van der Waals surface area (Å²) in [6.45, 7) is -0.598. The minimum atomic E-state index is -0.786. The highest BCUT2D eigenvalue weighted by atomic mass is 19.1. The van der Waals surface area contributed by atoms with Crippen LogP contribution < -0.4 is 10.2 Å². The summed E-state index contributed by atoms with van der Waals surface area (Å²) in [6, 6.07) is 11.8. The van der Waals surface area contributed by atoms with E-state index in [0.717, 1.165) is 0 Å². The molecular formula is C20H18F2N2O4. The third-order valence-corrected chi connectivity index (χ3v) is 4.38. The minimum absolute atomic E-state index is 0.0184. The van der Waals surface area contributed by atoms with E-state index in [1.165, 1.54) is 41.3 Å². The van der Waals surface area contributed by atoms with Crippen molar-refractivity contribution in [3.8, 4) is 0 Å². The molecule has 0 saturated carbocycles. The van der Waals surface area contributed by atoms with Gasteiger partial charge in [0.25, 0.3) is 5.91 Å². The number of halogens is 2. The number of carbonyl (C=O) groups is 3. The van der Waals surface area contributed by atoms with Crippen molar-refractivity contribution in [2.75, 3.05) is 18.1 Å². The fourth-order valence-electron chi connectivity index (χ4n) is 2.91. The van der Waals surface area contributed by atoms with Gasteiger partial charge in [-0.2, -0.15) is 0 Å². The van der Waals surface area contributed by atoms with Gasteiger partial charge in [0.15, 0.2) is 6.61 Å². The lowest BCUT2D eigenvalue weighted by Gasteiger charge is -2.17. The Morgan fingerprint density at radius 2 is 1.75 bits per heavy atom. The quantitative estimate of drug-likeness (QED) is 0.770. The van der Waals surface area contributed by atoms with Crippen molar-refractivity contribution in [2.45, 2.75) is 13.0 Å². The van der Waals surface area contributed by atoms with Crippen LogP contribution in [-0.2, 0) is 25.7 Å². The molecule has 1 fully saturated rings. The molecule has 0 radical (unpaired) electrons. The molecule has 1 N–H and O–H groups in total. The van der Waals surface area contributed by atoms with Gasteiger partial charge in [-0.05, 0) is 18.2 Å². The van der Waals surface area contributed by atoms with E-state index in [1.54, 1.807) is 12.1 Å². The normalized spacial score (nSPS) is 16.1. The number of hydrogen-bond donors (Lipinski definition) is 1. The van der Waals surface area contributed by atoms with Crippen molar-refractivity contribution >= 4 is 23.5 Å². The second-order valence-electron chi connectivity index (χ2n) is 6.33. The van der Waals surface area contributed by atoms with Gasteiger partial charge in [-0.3, -0.25) is 14.4 Å². The zero-order chi connectivity index (χ0) is 20.1. The highest BCUT2D eigenvalue weighted by Gasteiger charge is 2.37. The molecule has 2 amide bonds. The largest absolute Gasteiger partial charge is 0.455 e. The topological polar surface area (TPSA) is 75.7 Å². The number of hydrogen-bond acceptors (Lipinski definition) is 4. The maximum atomic E-state index is 13.9. The van der Waals surface area contributed by atoms with Gasteiger partial charge < -0.3 is 15.0 Å². The molecule has 0 aliphatic carbocycles. The van der Waals surface area contributed by atoms with Crippen LogP contribution in [0.2, 0.25) is 0 Å². The summed E-state index contributed by atoms with van der Waals surface area (Å²) < 4.78 is 32.3. The molecule has 6 nitrogen and oxygen atoms in total. The fraction of sp³-hybridized carbons (Fsp3) is 0.250. The van der Waals surface area contributed by atoms with E-state index < -0.39 is 41.9 Å². The first-order valence-electron chi connectivity index (χ1n) is 8.67. The van der Waals surface area contributed by atoms with Crippen molar-refractivity contribution in [3.63, 3.8) is 0 Å². The van der Waals surface area contributed by atoms with E-state index in [-0.39, 0.29) is 25.2 Å². The van der Waals surface area contributed by atoms with E-state index >= 15 is 0 Å². The van der Waals surface area contributed by atoms with E-state index in [2.05, 4.69) is 5.32 Å². The first-order valence-corrected chi connectivity index (χ1v) is 8.67. The molecule has 1 heterocycles. The second kappa shape index (κ2) is 8.60. The lowest BCUT2D eigenvalue weighted by molar-refractivity contribution is -0.152. The summed E-state index contributed by atoms with van der Waals surface area (Å²) >= 11 is 0. The Hall–Kier alpha value is -3.29. The predicted octanol–water partition coefficient (Wildman–Crippen LogP) is 2.18. The average Bonchev–Trinajstić information content (AvgIpc) is 3.07. The molecule has 28 heavy (non-hydrogen) atoms. The van der Waals surface area contributed by atoms with Crippen LogP contribution in [0, 0.1) is 17.6 Å². The molecule has 146 valence electrons. The van der Waals surface area contributed by atoms with Crippen LogP contribution in [0.1, 0.15) is 12.0 Å². The van der Waals surface area contributed by atoms with E-state index in [4.69, 9.17) is 4.74 Å². The highest BCUT2D eigenvalue weighted by molar-refractivity contribution is 5.99. The Morgan fingerprint density at radius 1 is 1.07 bits per heavy atom. The molecule has 2 aromatic rings. The Morgan fingerprint density at radius 3 is 2.46 bits per heavy atom. The molecule has 3 rings (SSSR count). The first kappa shape index (κ1) is 19.5. The summed E-state index contributed by atoms with van der Waals surface area (Å²) in [4.78, 5) is 37.3. The summed E-state index contributed by atoms with van der Waals surface area (Å²) in [5.41, 5.74) is 0.412. The van der Waals surface area contributed by atoms with E-state index in [9.17, 15) is 23.2 Å². The van der Waals surface area contributed by atoms with Crippen molar-refractivity contribution in [1.82, 2.24) is 5.32 Å². The second-order valence-corrected chi connectivity index (χ2v) is 6.33. The number of nitrogens with one attached hydrogen (secondary N) is 1. The molecule has 0 aromatic heterocycles. The zero-order valence-corrected chi connectivity index (χ0v) is 14.9. The number of anilines is 1. The zero-order valence-electron chi connectivity index (χ0n) is 14.9. The molecular weight excluding hydrogens is 370 g/mol. The van der Waals surface area contributed by atoms with Crippen molar-refractivity contribution in [1.29, 1.82) is 0 Å². The van der Waals surface area contributed by atoms with E-state index in [0.29, 0.717) is 5.56 Å². The van der Waals surface area contributed by atoms with Gasteiger partial charge in [0.1, 0.15) is 11.6 Å². The number of carbonyl (C=O) groups excluding carboxylic acids is 3. The number of benzene rings is 2. The molecule has 8 heteroatoms. The SMILES string of the molecule is O=C(COC(=O)[C@H]1CC(=O)N(c2ccccc2F)C1)NCc1ccccc1F. The highest BCUT2D eigenvalue weighted by Crippen LogP contribution is 2.27. The molecule has 0 spiro atoms. The van der Waals surface area contributed by atoms with Gasteiger partial charge in [0.05, 0.1) is 11.6 Å². The van der Waals surface area contributed by atoms with Gasteiger partial charge in [0, 0.05) is 25.1 Å². The van der Waals surface area contributed by atoms with Crippen LogP contribution in [0.4, 0.5) is 14.5 Å². The van der Waals surface area contributed by atoms with Crippen molar-refractivity contribution < 1.29 is 27.9 Å².